The molecule has 1 aromatic carbocycles. The van der Waals surface area contributed by atoms with Gasteiger partial charge in [-0.2, -0.15) is 0 Å². The third-order valence-corrected chi connectivity index (χ3v) is 6.71. The summed E-state index contributed by atoms with van der Waals surface area (Å²) in [6.45, 7) is 5.50. The minimum absolute atomic E-state index is 0.0641. The fourth-order valence-corrected chi connectivity index (χ4v) is 4.64. The van der Waals surface area contributed by atoms with Crippen LogP contribution in [0.25, 0.3) is 11.3 Å². The van der Waals surface area contributed by atoms with Crippen molar-refractivity contribution >= 4 is 5.91 Å². The van der Waals surface area contributed by atoms with Crippen LogP contribution in [0.1, 0.15) is 62.2 Å². The Morgan fingerprint density at radius 1 is 1.21 bits per heavy atom. The highest BCUT2D eigenvalue weighted by Crippen LogP contribution is 2.25. The maximum Gasteiger partial charge on any atom is 0.248 e. The maximum atomic E-state index is 11.8. The SMILES string of the molecule is C[C@H](OC1CCCCO1)c1nccn1Cc1cc(-c2ccc(C#CCCCN3CCOCC3=O)cc2)on1. The second-order valence-corrected chi connectivity index (χ2v) is 9.59. The first kappa shape index (κ1) is 26.2. The Labute approximate surface area is 223 Å². The predicted octanol–water partition coefficient (Wildman–Crippen LogP) is 4.18. The van der Waals surface area contributed by atoms with Gasteiger partial charge in [-0.25, -0.2) is 4.98 Å². The van der Waals surface area contributed by atoms with E-state index in [1.54, 1.807) is 6.20 Å². The van der Waals surface area contributed by atoms with Gasteiger partial charge < -0.3 is 28.2 Å². The maximum absolute atomic E-state index is 11.8. The van der Waals surface area contributed by atoms with Gasteiger partial charge in [0.15, 0.2) is 12.1 Å². The third kappa shape index (κ3) is 6.90. The van der Waals surface area contributed by atoms with Gasteiger partial charge in [-0.1, -0.05) is 17.0 Å². The average molecular weight is 519 g/mol. The number of aromatic nitrogens is 3. The fraction of sp³-hybridized carbons (Fsp3) is 0.483. The number of amides is 1. The van der Waals surface area contributed by atoms with Crippen molar-refractivity contribution in [3.8, 4) is 23.2 Å². The lowest BCUT2D eigenvalue weighted by atomic mass is 10.1. The van der Waals surface area contributed by atoms with Gasteiger partial charge in [-0.15, -0.1) is 0 Å². The quantitative estimate of drug-likeness (QED) is 0.310. The van der Waals surface area contributed by atoms with Crippen molar-refractivity contribution in [3.05, 3.63) is 59.8 Å². The van der Waals surface area contributed by atoms with Crippen LogP contribution in [0.2, 0.25) is 0 Å². The molecule has 2 aliphatic heterocycles. The number of imidazole rings is 1. The Hall–Kier alpha value is -3.45. The van der Waals surface area contributed by atoms with Crippen LogP contribution in [0, 0.1) is 11.8 Å². The molecule has 2 fully saturated rings. The number of morpholine rings is 1. The molecule has 200 valence electrons. The van der Waals surface area contributed by atoms with Crippen molar-refractivity contribution in [1.82, 2.24) is 19.6 Å². The van der Waals surface area contributed by atoms with E-state index in [4.69, 9.17) is 18.7 Å². The van der Waals surface area contributed by atoms with E-state index in [0.29, 0.717) is 25.5 Å². The van der Waals surface area contributed by atoms with E-state index >= 15 is 0 Å². The topological polar surface area (TPSA) is 91.8 Å². The third-order valence-electron chi connectivity index (χ3n) is 6.71. The molecule has 2 atom stereocenters. The standard InChI is InChI=1S/C29H34N4O5/c1-22(37-28-8-4-6-17-36-28)29-30-13-15-33(29)20-25-19-26(38-31-25)24-11-9-23(10-12-24)7-3-2-5-14-32-16-18-35-21-27(32)34/h9-13,15,19,22,28H,2,4-6,8,14,16-18,20-21H2,1H3/t22-,28?/m0/s1. The second-order valence-electron chi connectivity index (χ2n) is 9.59. The molecule has 0 spiro atoms. The number of benzene rings is 1. The molecule has 0 saturated carbocycles. The first-order chi connectivity index (χ1) is 18.7. The van der Waals surface area contributed by atoms with Crippen molar-refractivity contribution in [2.45, 2.75) is 58.0 Å². The molecule has 0 N–H and O–H groups in total. The molecule has 9 heteroatoms. The highest BCUT2D eigenvalue weighted by molar-refractivity contribution is 5.77. The minimum atomic E-state index is -0.185. The number of unbranched alkanes of at least 4 members (excludes halogenated alkanes) is 1. The number of rotatable bonds is 9. The summed E-state index contributed by atoms with van der Waals surface area (Å²) in [7, 11) is 0. The van der Waals surface area contributed by atoms with Crippen LogP contribution in [0.3, 0.4) is 0 Å². The van der Waals surface area contributed by atoms with Crippen LogP contribution in [0.15, 0.2) is 47.2 Å². The van der Waals surface area contributed by atoms with Gasteiger partial charge in [0, 0.05) is 55.7 Å². The van der Waals surface area contributed by atoms with Crippen LogP contribution in [0.5, 0.6) is 0 Å². The van der Waals surface area contributed by atoms with E-state index in [1.165, 1.54) is 0 Å². The second kappa shape index (κ2) is 12.9. The fourth-order valence-electron chi connectivity index (χ4n) is 4.64. The molecule has 0 radical (unpaired) electrons. The smallest absolute Gasteiger partial charge is 0.248 e. The molecule has 0 bridgehead atoms. The lowest BCUT2D eigenvalue weighted by Gasteiger charge is -2.26. The van der Waals surface area contributed by atoms with Gasteiger partial charge in [0.2, 0.25) is 5.91 Å². The van der Waals surface area contributed by atoms with E-state index in [9.17, 15) is 4.79 Å². The molecule has 1 amide bonds. The molecule has 2 aliphatic rings. The van der Waals surface area contributed by atoms with Gasteiger partial charge in [-0.05, 0) is 56.9 Å². The van der Waals surface area contributed by atoms with E-state index in [-0.39, 0.29) is 24.9 Å². The Morgan fingerprint density at radius 2 is 2.11 bits per heavy atom. The lowest BCUT2D eigenvalue weighted by Crippen LogP contribution is -2.41. The number of hydrogen-bond donors (Lipinski definition) is 0. The summed E-state index contributed by atoms with van der Waals surface area (Å²) >= 11 is 0. The van der Waals surface area contributed by atoms with Crippen LogP contribution in [-0.4, -0.2) is 64.7 Å². The average Bonchev–Trinajstić information content (AvgIpc) is 3.61. The summed E-state index contributed by atoms with van der Waals surface area (Å²) in [6, 6.07) is 9.90. The number of nitrogens with zero attached hydrogens (tertiary/aromatic N) is 4. The van der Waals surface area contributed by atoms with Crippen LogP contribution in [-0.2, 0) is 25.5 Å². The summed E-state index contributed by atoms with van der Waals surface area (Å²) in [5.74, 6) is 8.01. The number of carbonyl (C=O) groups excluding carboxylic acids is 1. The van der Waals surface area contributed by atoms with Crippen molar-refractivity contribution in [3.63, 3.8) is 0 Å². The summed E-state index contributed by atoms with van der Waals surface area (Å²) in [6.07, 6.45) is 8.08. The molecule has 9 nitrogen and oxygen atoms in total. The highest BCUT2D eigenvalue weighted by Gasteiger charge is 2.21. The zero-order chi connectivity index (χ0) is 26.2. The van der Waals surface area contributed by atoms with Crippen molar-refractivity contribution in [1.29, 1.82) is 0 Å². The van der Waals surface area contributed by atoms with Gasteiger partial charge in [0.05, 0.1) is 13.2 Å². The van der Waals surface area contributed by atoms with Crippen molar-refractivity contribution in [2.24, 2.45) is 0 Å². The molecular weight excluding hydrogens is 484 g/mol. The molecule has 2 aromatic heterocycles. The van der Waals surface area contributed by atoms with E-state index < -0.39 is 0 Å². The zero-order valence-electron chi connectivity index (χ0n) is 21.8. The molecule has 5 rings (SSSR count). The van der Waals surface area contributed by atoms with Gasteiger partial charge in [0.1, 0.15) is 24.2 Å². The molecule has 3 aromatic rings. The number of ether oxygens (including phenoxy) is 3. The first-order valence-corrected chi connectivity index (χ1v) is 13.3. The van der Waals surface area contributed by atoms with Gasteiger partial charge in [0.25, 0.3) is 0 Å². The summed E-state index contributed by atoms with van der Waals surface area (Å²) in [5.41, 5.74) is 2.69. The Balaban J connectivity index is 1.12. The van der Waals surface area contributed by atoms with E-state index in [0.717, 1.165) is 67.9 Å². The zero-order valence-corrected chi connectivity index (χ0v) is 21.8. The molecule has 1 unspecified atom stereocenters. The molecular formula is C29H34N4O5. The van der Waals surface area contributed by atoms with Crippen LogP contribution in [0.4, 0.5) is 0 Å². The molecule has 2 saturated heterocycles. The molecule has 0 aliphatic carbocycles. The lowest BCUT2D eigenvalue weighted by molar-refractivity contribution is -0.188. The summed E-state index contributed by atoms with van der Waals surface area (Å²) < 4.78 is 24.6. The monoisotopic (exact) mass is 518 g/mol. The van der Waals surface area contributed by atoms with E-state index in [2.05, 4.69) is 22.0 Å². The van der Waals surface area contributed by atoms with Crippen LogP contribution < -0.4 is 0 Å². The van der Waals surface area contributed by atoms with E-state index in [1.807, 2.05) is 52.9 Å². The molecule has 38 heavy (non-hydrogen) atoms. The normalized spacial score (nSPS) is 18.7. The summed E-state index contributed by atoms with van der Waals surface area (Å²) in [5, 5.41) is 4.27. The predicted molar refractivity (Wildman–Crippen MR) is 140 cm³/mol. The molecule has 4 heterocycles. The Morgan fingerprint density at radius 3 is 2.92 bits per heavy atom. The Kier molecular flexibility index (Phi) is 8.86. The largest absolute Gasteiger partial charge is 0.370 e. The van der Waals surface area contributed by atoms with Crippen LogP contribution >= 0.6 is 0 Å². The van der Waals surface area contributed by atoms with Crippen molar-refractivity contribution in [2.75, 3.05) is 32.9 Å². The number of carbonyl (C=O) groups is 1. The first-order valence-electron chi connectivity index (χ1n) is 13.3. The highest BCUT2D eigenvalue weighted by atomic mass is 16.7. The number of hydrogen-bond acceptors (Lipinski definition) is 7. The van der Waals surface area contributed by atoms with Crippen molar-refractivity contribution < 1.29 is 23.5 Å². The summed E-state index contributed by atoms with van der Waals surface area (Å²) in [4.78, 5) is 18.1. The Bertz CT molecular complexity index is 1250. The van der Waals surface area contributed by atoms with Gasteiger partial charge >= 0.3 is 0 Å². The minimum Gasteiger partial charge on any atom is -0.370 e. The van der Waals surface area contributed by atoms with Gasteiger partial charge in [-0.3, -0.25) is 4.79 Å².